The first-order valence-electron chi connectivity index (χ1n) is 11.8. The summed E-state index contributed by atoms with van der Waals surface area (Å²) >= 11 is 5.74. The standard InChI is InChI=1S/C28H23N3O6S/c1-2-36-20-8-6-19(7-9-20)31-25(24(30-28(31)38)21-5-3-4-12-29-21)23-11-10-22(37-23)16-13-17(26(32)33)15-18(14-16)27(34)35/h3-15,24-25H,2H2,1H3,(H,30,38)(H,32,33)(H,34,35). The van der Waals surface area contributed by atoms with Crippen LogP contribution in [0.2, 0.25) is 0 Å². The number of hydrogen-bond acceptors (Lipinski definition) is 6. The van der Waals surface area contributed by atoms with Gasteiger partial charge in [-0.3, -0.25) is 4.98 Å². The largest absolute Gasteiger partial charge is 0.494 e. The van der Waals surface area contributed by atoms with E-state index >= 15 is 0 Å². The van der Waals surface area contributed by atoms with Gasteiger partial charge in [-0.25, -0.2) is 9.59 Å². The summed E-state index contributed by atoms with van der Waals surface area (Å²) < 4.78 is 11.8. The van der Waals surface area contributed by atoms with E-state index in [1.165, 1.54) is 12.1 Å². The van der Waals surface area contributed by atoms with E-state index in [1.807, 2.05) is 54.3 Å². The molecular formula is C28H23N3O6S. The van der Waals surface area contributed by atoms with E-state index < -0.39 is 18.0 Å². The maximum absolute atomic E-state index is 11.6. The van der Waals surface area contributed by atoms with E-state index in [9.17, 15) is 19.8 Å². The van der Waals surface area contributed by atoms with Gasteiger partial charge in [-0.05, 0) is 85.9 Å². The van der Waals surface area contributed by atoms with Crippen molar-refractivity contribution in [3.8, 4) is 17.1 Å². The summed E-state index contributed by atoms with van der Waals surface area (Å²) in [6.07, 6.45) is 1.70. The molecule has 0 spiro atoms. The Hall–Kier alpha value is -4.70. The van der Waals surface area contributed by atoms with E-state index in [0.29, 0.717) is 28.8 Å². The van der Waals surface area contributed by atoms with Crippen LogP contribution in [0.15, 0.2) is 83.4 Å². The third-order valence-corrected chi connectivity index (χ3v) is 6.47. The number of benzene rings is 2. The van der Waals surface area contributed by atoms with E-state index in [4.69, 9.17) is 21.4 Å². The van der Waals surface area contributed by atoms with Crippen LogP contribution in [0.5, 0.6) is 5.75 Å². The van der Waals surface area contributed by atoms with Gasteiger partial charge in [0.25, 0.3) is 0 Å². The van der Waals surface area contributed by atoms with Gasteiger partial charge in [0, 0.05) is 17.4 Å². The lowest BCUT2D eigenvalue weighted by Gasteiger charge is -2.26. The monoisotopic (exact) mass is 529 g/mol. The van der Waals surface area contributed by atoms with Gasteiger partial charge < -0.3 is 29.6 Å². The minimum atomic E-state index is -1.23. The Morgan fingerprint density at radius 3 is 2.34 bits per heavy atom. The van der Waals surface area contributed by atoms with Crippen molar-refractivity contribution in [2.45, 2.75) is 19.0 Å². The van der Waals surface area contributed by atoms with E-state index in [-0.39, 0.29) is 17.2 Å². The summed E-state index contributed by atoms with van der Waals surface area (Å²) in [6.45, 7) is 2.47. The lowest BCUT2D eigenvalue weighted by atomic mass is 10.0. The van der Waals surface area contributed by atoms with Crippen molar-refractivity contribution < 1.29 is 29.0 Å². The minimum absolute atomic E-state index is 0.149. The lowest BCUT2D eigenvalue weighted by molar-refractivity contribution is 0.0696. The van der Waals surface area contributed by atoms with Crippen LogP contribution >= 0.6 is 12.2 Å². The predicted octanol–water partition coefficient (Wildman–Crippen LogP) is 5.31. The molecule has 0 amide bonds. The molecule has 1 fully saturated rings. The number of carboxylic acids is 2. The second-order valence-corrected chi connectivity index (χ2v) is 8.92. The van der Waals surface area contributed by atoms with Gasteiger partial charge in [0.1, 0.15) is 23.3 Å². The van der Waals surface area contributed by atoms with Crippen molar-refractivity contribution in [3.63, 3.8) is 0 Å². The summed E-state index contributed by atoms with van der Waals surface area (Å²) in [7, 11) is 0. The molecule has 2 aromatic carbocycles. The molecule has 1 saturated heterocycles. The van der Waals surface area contributed by atoms with Gasteiger partial charge in [0.2, 0.25) is 0 Å². The average molecular weight is 530 g/mol. The van der Waals surface area contributed by atoms with Crippen molar-refractivity contribution in [3.05, 3.63) is 102 Å². The molecule has 3 heterocycles. The van der Waals surface area contributed by atoms with Crippen LogP contribution in [-0.2, 0) is 0 Å². The van der Waals surface area contributed by atoms with Crippen molar-refractivity contribution in [1.82, 2.24) is 10.3 Å². The summed E-state index contributed by atoms with van der Waals surface area (Å²) in [5.74, 6) is -0.865. The molecule has 5 rings (SSSR count). The van der Waals surface area contributed by atoms with Gasteiger partial charge >= 0.3 is 11.9 Å². The number of furan rings is 1. The van der Waals surface area contributed by atoms with Gasteiger partial charge in [-0.2, -0.15) is 0 Å². The highest BCUT2D eigenvalue weighted by Gasteiger charge is 2.42. The number of hydrogen-bond donors (Lipinski definition) is 3. The minimum Gasteiger partial charge on any atom is -0.494 e. The molecule has 4 aromatic rings. The molecule has 0 radical (unpaired) electrons. The van der Waals surface area contributed by atoms with Crippen LogP contribution in [-0.4, -0.2) is 38.9 Å². The van der Waals surface area contributed by atoms with Crippen LogP contribution in [0.25, 0.3) is 11.3 Å². The highest BCUT2D eigenvalue weighted by molar-refractivity contribution is 7.80. The Bertz CT molecular complexity index is 1470. The second-order valence-electron chi connectivity index (χ2n) is 8.53. The first-order chi connectivity index (χ1) is 18.4. The topological polar surface area (TPSA) is 125 Å². The molecule has 1 aliphatic heterocycles. The number of carboxylic acid groups (broad SMARTS) is 2. The molecule has 10 heteroatoms. The molecule has 2 atom stereocenters. The number of carbonyl (C=O) groups is 2. The molecule has 2 unspecified atom stereocenters. The highest BCUT2D eigenvalue weighted by Crippen LogP contribution is 2.43. The van der Waals surface area contributed by atoms with Crippen LogP contribution in [0, 0.1) is 0 Å². The summed E-state index contributed by atoms with van der Waals surface area (Å²) in [4.78, 5) is 29.7. The van der Waals surface area contributed by atoms with Crippen LogP contribution < -0.4 is 15.0 Å². The van der Waals surface area contributed by atoms with Crippen molar-refractivity contribution >= 4 is 35.0 Å². The Balaban J connectivity index is 1.58. The van der Waals surface area contributed by atoms with E-state index in [1.54, 1.807) is 18.3 Å². The first kappa shape index (κ1) is 25.0. The van der Waals surface area contributed by atoms with E-state index in [2.05, 4.69) is 10.3 Å². The molecule has 0 aliphatic carbocycles. The Morgan fingerprint density at radius 1 is 1.03 bits per heavy atom. The Morgan fingerprint density at radius 2 is 1.74 bits per heavy atom. The normalized spacial score (nSPS) is 16.8. The molecular weight excluding hydrogens is 506 g/mol. The van der Waals surface area contributed by atoms with Crippen molar-refractivity contribution in [2.24, 2.45) is 0 Å². The van der Waals surface area contributed by atoms with Crippen LogP contribution in [0.1, 0.15) is 51.2 Å². The average Bonchev–Trinajstić information content (AvgIpc) is 3.54. The summed E-state index contributed by atoms with van der Waals surface area (Å²) in [5, 5.41) is 22.8. The number of nitrogens with one attached hydrogen (secondary N) is 1. The SMILES string of the molecule is CCOc1ccc(N2C(=S)NC(c3ccccn3)C2c2ccc(-c3cc(C(=O)O)cc(C(=O)O)c3)o2)cc1. The molecule has 2 aromatic heterocycles. The molecule has 192 valence electrons. The Kier molecular flexibility index (Phi) is 6.80. The van der Waals surface area contributed by atoms with Crippen LogP contribution in [0.3, 0.4) is 0 Å². The zero-order chi connectivity index (χ0) is 26.8. The number of rotatable bonds is 8. The highest BCUT2D eigenvalue weighted by atomic mass is 32.1. The lowest BCUT2D eigenvalue weighted by Crippen LogP contribution is -2.29. The number of anilines is 1. The fourth-order valence-corrected chi connectivity index (χ4v) is 4.82. The quantitative estimate of drug-likeness (QED) is 0.258. The number of ether oxygens (including phenoxy) is 1. The zero-order valence-electron chi connectivity index (χ0n) is 20.2. The number of nitrogens with zero attached hydrogens (tertiary/aromatic N) is 2. The molecule has 3 N–H and O–H groups in total. The molecule has 1 aliphatic rings. The Labute approximate surface area is 223 Å². The maximum Gasteiger partial charge on any atom is 0.335 e. The number of thiocarbonyl (C=S) groups is 1. The third kappa shape index (κ3) is 4.81. The van der Waals surface area contributed by atoms with Gasteiger partial charge in [-0.1, -0.05) is 6.07 Å². The first-order valence-corrected chi connectivity index (χ1v) is 12.2. The molecule has 0 saturated carbocycles. The zero-order valence-corrected chi connectivity index (χ0v) is 21.0. The number of aromatic carboxylic acids is 2. The number of pyridine rings is 1. The summed E-state index contributed by atoms with van der Waals surface area (Å²) in [6, 6.07) is 19.7. The van der Waals surface area contributed by atoms with Crippen LogP contribution in [0.4, 0.5) is 5.69 Å². The maximum atomic E-state index is 11.6. The van der Waals surface area contributed by atoms with Gasteiger partial charge in [0.15, 0.2) is 5.11 Å². The molecule has 0 bridgehead atoms. The van der Waals surface area contributed by atoms with Crippen molar-refractivity contribution in [1.29, 1.82) is 0 Å². The van der Waals surface area contributed by atoms with E-state index in [0.717, 1.165) is 23.2 Å². The van der Waals surface area contributed by atoms with Gasteiger partial charge in [0.05, 0.1) is 29.5 Å². The summed E-state index contributed by atoms with van der Waals surface area (Å²) in [5.41, 5.74) is 1.61. The van der Waals surface area contributed by atoms with Gasteiger partial charge in [-0.15, -0.1) is 0 Å². The number of aromatic nitrogens is 1. The predicted molar refractivity (Wildman–Crippen MR) is 144 cm³/mol. The smallest absolute Gasteiger partial charge is 0.335 e. The molecule has 38 heavy (non-hydrogen) atoms. The fraction of sp³-hybridized carbons (Fsp3) is 0.143. The second kappa shape index (κ2) is 10.3. The molecule has 9 nitrogen and oxygen atoms in total. The fourth-order valence-electron chi connectivity index (χ4n) is 4.48. The van der Waals surface area contributed by atoms with Crippen molar-refractivity contribution in [2.75, 3.05) is 11.5 Å². The third-order valence-electron chi connectivity index (χ3n) is 6.15.